The van der Waals surface area contributed by atoms with Gasteiger partial charge in [0.15, 0.2) is 30.0 Å². The molecule has 10 unspecified atom stereocenters. The molecule has 0 aliphatic carbocycles. The van der Waals surface area contributed by atoms with Gasteiger partial charge in [-0.3, -0.25) is 58.6 Å². The molecule has 43 heteroatoms. The average molecular weight is 1150 g/mol. The molecule has 9 heterocycles. The fraction of sp³-hybridized carbons (Fsp3) is 0.719. The number of aliphatic hydroxyl groups excluding tert-OH is 4. The van der Waals surface area contributed by atoms with Crippen LogP contribution in [0.3, 0.4) is 0 Å². The largest absolute Gasteiger partial charge is 0.490 e. The number of fused-ring (bicyclic) bond motifs is 3. The predicted octanol–water partition coefficient (Wildman–Crippen LogP) is -8.27. The van der Waals surface area contributed by atoms with E-state index in [2.05, 4.69) is 49.8 Å². The van der Waals surface area contributed by atoms with E-state index in [4.69, 9.17) is 54.2 Å². The Kier molecular flexibility index (Phi) is 15.8. The minimum atomic E-state index is -6.19. The molecule has 0 radical (unpaired) electrons. The summed E-state index contributed by atoms with van der Waals surface area (Å²) in [6.45, 7) is -3.32. The van der Waals surface area contributed by atoms with E-state index in [1.807, 2.05) is 0 Å². The Balaban J connectivity index is 0.838. The number of aliphatic imine (C=N–C) groups is 1. The molecule has 22 atom stereocenters. The minimum absolute atomic E-state index is 0.0165. The van der Waals surface area contributed by atoms with Gasteiger partial charge in [0.25, 0.3) is 11.8 Å². The zero-order chi connectivity index (χ0) is 54.3. The maximum absolute atomic E-state index is 13.7. The number of nitrogens with zero attached hydrogens (tertiary/aromatic N) is 8. The molecule has 7 aliphatic rings. The summed E-state index contributed by atoms with van der Waals surface area (Å²) >= 11 is 0. The number of likely N-dealkylation sites (N-methyl/N-ethyl adjacent to an activating group) is 1. The number of hydrogen-bond donors (Lipinski definition) is 15. The fourth-order valence-electron chi connectivity index (χ4n) is 9.21. The molecule has 75 heavy (non-hydrogen) atoms. The van der Waals surface area contributed by atoms with Crippen molar-refractivity contribution in [3.63, 3.8) is 0 Å². The second-order valence-electron chi connectivity index (χ2n) is 17.5. The van der Waals surface area contributed by atoms with E-state index < -0.39 is 174 Å². The monoisotopic (exact) mass is 1150 g/mol. The highest BCUT2D eigenvalue weighted by Crippen LogP contribution is 2.68. The quantitative estimate of drug-likeness (QED) is 0.0459. The first-order chi connectivity index (χ1) is 35.2. The van der Waals surface area contributed by atoms with Crippen molar-refractivity contribution in [2.24, 2.45) is 16.5 Å². The first kappa shape index (κ1) is 56.0. The van der Waals surface area contributed by atoms with Crippen molar-refractivity contribution in [3.8, 4) is 0 Å². The van der Waals surface area contributed by atoms with Crippen LogP contribution < -0.4 is 38.5 Å². The molecule has 5 fully saturated rings. The van der Waals surface area contributed by atoms with Crippen LogP contribution in [0.5, 0.6) is 0 Å². The number of aliphatic hydroxyl groups is 4. The number of nitrogens with one attached hydrogen (secondary N) is 4. The topological polar surface area (TPSA) is 548 Å². The number of ether oxygens (including phenoxy) is 4. The number of amides is 2. The summed E-state index contributed by atoms with van der Waals surface area (Å²) in [6.07, 6.45) is -18.8. The SMILES string of the molecule is CO[C@@H]1[C@H](OP(=O)(O)OC[C@H]2O[C@@H](N3C=NC4C(=O)NC(N)NC43)[C@H](O)[C@@H]2O)[C@@H](COP(=O)(O)OP(=O)(O)OP(=O)(O)OC[C@H]2O[C@@H](N3C=[N+](C)C4C(=O)NC(N)NC43)[C@H](O)[C@@H]2O)O[C@H]1n1cnc2c(N)ncnc21. The number of carbonyl (C=O) groups is 2. The zero-order valence-corrected chi connectivity index (χ0v) is 42.1. The highest BCUT2D eigenvalue weighted by Gasteiger charge is 2.59. The first-order valence-electron chi connectivity index (χ1n) is 22.0. The second kappa shape index (κ2) is 21.1. The van der Waals surface area contributed by atoms with Crippen molar-refractivity contribution < 1.29 is 118 Å². The Labute approximate surface area is 420 Å². The standard InChI is InChI=1S/C32H51N15O24P4/c1-44-9-47(25-15(44)27(53)43-32(35)41-25)29-19(51)17(49)11(67-29)4-64-73(56,57)70-75(60,61)71-74(58,59)65-5-12-20(21(62-2)30(68-12)45-7-38-13-22(33)36-6-37-23(13)45)69-72(54,55)63-3-10-16(48)18(50)28(66-10)46-8-39-14-24(46)40-31(34)42-26(14)52/h6-12,14-21,24-25,28-32,40-41,48-51H,3-5,34-35H2,1-2H3,(H7-,33,36,37,42,43,52,53,54,55,56,57,58,59,60,61)/p+1/t10-,11-,12-,14?,15?,16-,17-,18-,19-,20-,21-,24?,25?,28-,29-,30-,31?,32?/m1/s1. The van der Waals surface area contributed by atoms with Crippen LogP contribution in [0.15, 0.2) is 17.6 Å². The molecule has 0 bridgehead atoms. The van der Waals surface area contributed by atoms with Crippen LogP contribution in [0.1, 0.15) is 6.23 Å². The summed E-state index contributed by atoms with van der Waals surface area (Å²) in [5, 5.41) is 54.0. The molecule has 2 amide bonds. The van der Waals surface area contributed by atoms with Gasteiger partial charge in [-0.1, -0.05) is 0 Å². The zero-order valence-electron chi connectivity index (χ0n) is 38.5. The Morgan fingerprint density at radius 1 is 0.707 bits per heavy atom. The van der Waals surface area contributed by atoms with Gasteiger partial charge in [-0.05, 0) is 0 Å². The number of methoxy groups -OCH3 is 1. The van der Waals surface area contributed by atoms with Gasteiger partial charge < -0.3 is 80.2 Å². The Morgan fingerprint density at radius 2 is 1.25 bits per heavy atom. The molecule has 0 aromatic carbocycles. The normalized spacial score (nSPS) is 39.9. The molecule has 5 saturated heterocycles. The van der Waals surface area contributed by atoms with E-state index >= 15 is 0 Å². The maximum atomic E-state index is 13.7. The van der Waals surface area contributed by atoms with Crippen molar-refractivity contribution in [2.45, 2.75) is 111 Å². The van der Waals surface area contributed by atoms with Crippen LogP contribution >= 0.6 is 31.3 Å². The van der Waals surface area contributed by atoms with Crippen LogP contribution in [0.4, 0.5) is 5.82 Å². The third-order valence-electron chi connectivity index (χ3n) is 12.5. The Hall–Kier alpha value is -3.73. The van der Waals surface area contributed by atoms with E-state index in [1.165, 1.54) is 38.7 Å². The summed E-state index contributed by atoms with van der Waals surface area (Å²) in [5.74, 6) is -1.10. The van der Waals surface area contributed by atoms with Crippen molar-refractivity contribution >= 4 is 72.8 Å². The van der Waals surface area contributed by atoms with E-state index in [9.17, 15) is 67.8 Å². The molecule has 18 N–H and O–H groups in total. The summed E-state index contributed by atoms with van der Waals surface area (Å²) in [7, 11) is -20.8. The van der Waals surface area contributed by atoms with Crippen LogP contribution in [0.2, 0.25) is 0 Å². The van der Waals surface area contributed by atoms with Gasteiger partial charge in [-0.25, -0.2) is 43.4 Å². The number of nitrogens with two attached hydrogens (primary N) is 3. The van der Waals surface area contributed by atoms with Gasteiger partial charge in [-0.15, -0.1) is 0 Å². The number of phosphoric acid groups is 4. The molecule has 418 valence electrons. The van der Waals surface area contributed by atoms with Gasteiger partial charge in [0, 0.05) is 7.11 Å². The Morgan fingerprint density at radius 3 is 1.87 bits per heavy atom. The number of hydrogen-bond acceptors (Lipinski definition) is 31. The lowest BCUT2D eigenvalue weighted by molar-refractivity contribution is -0.515. The minimum Gasteiger partial charge on any atom is -0.387 e. The van der Waals surface area contributed by atoms with Crippen molar-refractivity contribution in [2.75, 3.05) is 39.7 Å². The summed E-state index contributed by atoms with van der Waals surface area (Å²) in [5.41, 5.74) is 17.7. The molecule has 2 aromatic heterocycles. The lowest BCUT2D eigenvalue weighted by Gasteiger charge is -2.38. The predicted molar refractivity (Wildman–Crippen MR) is 238 cm³/mol. The second-order valence-corrected chi connectivity index (χ2v) is 23.5. The van der Waals surface area contributed by atoms with E-state index in [1.54, 1.807) is 0 Å². The number of carbonyl (C=O) groups excluding carboxylic acids is 2. The molecule has 0 saturated carbocycles. The molecule has 7 aliphatic heterocycles. The van der Waals surface area contributed by atoms with Gasteiger partial charge in [0.2, 0.25) is 24.8 Å². The van der Waals surface area contributed by atoms with Crippen LogP contribution in [-0.2, 0) is 73.5 Å². The molecule has 2 aromatic rings. The molecular weight excluding hydrogens is 1100 g/mol. The summed E-state index contributed by atoms with van der Waals surface area (Å²) in [6, 6.07) is -1.87. The van der Waals surface area contributed by atoms with Gasteiger partial charge in [-0.2, -0.15) is 8.62 Å². The number of aromatic nitrogens is 4. The highest BCUT2D eigenvalue weighted by atomic mass is 31.3. The number of imidazole rings is 1. The van der Waals surface area contributed by atoms with Gasteiger partial charge >= 0.3 is 31.3 Å². The average Bonchev–Trinajstić information content (AvgIpc) is 4.17. The maximum Gasteiger partial charge on any atom is 0.490 e. The smallest absolute Gasteiger partial charge is 0.387 e. The van der Waals surface area contributed by atoms with Crippen LogP contribution in [0, 0.1) is 0 Å². The molecule has 39 nitrogen and oxygen atoms in total. The van der Waals surface area contributed by atoms with Crippen molar-refractivity contribution in [1.29, 1.82) is 0 Å². The lowest BCUT2D eigenvalue weighted by atomic mass is 10.1. The van der Waals surface area contributed by atoms with Gasteiger partial charge in [0.05, 0.1) is 39.5 Å². The fourth-order valence-corrected chi connectivity index (χ4v) is 13.7. The van der Waals surface area contributed by atoms with E-state index in [-0.39, 0.29) is 17.0 Å². The number of nitrogen functional groups attached to an aromatic ring is 1. The number of anilines is 1. The molecular formula is C32H52N15O24P4+. The summed E-state index contributed by atoms with van der Waals surface area (Å²) in [4.78, 5) is 86.1. The molecule has 0 spiro atoms. The highest BCUT2D eigenvalue weighted by molar-refractivity contribution is 7.66. The number of rotatable bonds is 19. The van der Waals surface area contributed by atoms with Crippen LogP contribution in [0.25, 0.3) is 11.2 Å². The van der Waals surface area contributed by atoms with Crippen LogP contribution in [-0.4, -0.2) is 237 Å². The Bertz CT molecular complexity index is 2770. The lowest BCUT2D eigenvalue weighted by Crippen LogP contribution is -2.71. The third kappa shape index (κ3) is 11.4. The summed E-state index contributed by atoms with van der Waals surface area (Å²) < 4.78 is 107. The first-order valence-corrected chi connectivity index (χ1v) is 27.9. The number of phosphoric ester groups is 3. The van der Waals surface area contributed by atoms with E-state index in [0.717, 1.165) is 19.8 Å². The van der Waals surface area contributed by atoms with Crippen molar-refractivity contribution in [3.05, 3.63) is 12.7 Å². The van der Waals surface area contributed by atoms with Crippen molar-refractivity contribution in [1.82, 2.24) is 50.6 Å². The molecule has 9 rings (SSSR count). The van der Waals surface area contributed by atoms with Gasteiger partial charge in [0.1, 0.15) is 85.5 Å². The third-order valence-corrected chi connectivity index (χ3v) is 17.8. The van der Waals surface area contributed by atoms with E-state index in [0.29, 0.717) is 0 Å².